The molecule has 164 valence electrons. The average molecular weight is 417 g/mol. The first kappa shape index (κ1) is 23.4. The molecule has 0 amide bonds. The highest BCUT2D eigenvalue weighted by atomic mass is 16.5. The van der Waals surface area contributed by atoms with Gasteiger partial charge in [0, 0.05) is 30.3 Å². The van der Waals surface area contributed by atoms with E-state index in [9.17, 15) is 4.79 Å². The standard InChI is InChI=1S/C22H32N4O4/c1-5-30-20(28)12-16-8-9-17(19(11-16)29-4)13-18-15(3)25-22(23)26-21(18)24-14(2)7-6-10-27/h8-9,11,14,27H,5-7,10,12-13H2,1-4H3,(H3,23,24,25,26). The summed E-state index contributed by atoms with van der Waals surface area (Å²) in [7, 11) is 1.61. The lowest BCUT2D eigenvalue weighted by molar-refractivity contribution is -0.142. The van der Waals surface area contributed by atoms with E-state index < -0.39 is 0 Å². The average Bonchev–Trinajstić information content (AvgIpc) is 2.69. The second-order valence-corrected chi connectivity index (χ2v) is 7.21. The van der Waals surface area contributed by atoms with Crippen molar-refractivity contribution in [1.29, 1.82) is 0 Å². The van der Waals surface area contributed by atoms with Crippen LogP contribution in [0, 0.1) is 6.92 Å². The van der Waals surface area contributed by atoms with E-state index in [2.05, 4.69) is 15.3 Å². The number of aromatic nitrogens is 2. The van der Waals surface area contributed by atoms with Crippen LogP contribution in [-0.2, 0) is 22.4 Å². The van der Waals surface area contributed by atoms with Gasteiger partial charge < -0.3 is 25.6 Å². The Morgan fingerprint density at radius 2 is 2.10 bits per heavy atom. The van der Waals surface area contributed by atoms with Crippen LogP contribution in [0.3, 0.4) is 0 Å². The smallest absolute Gasteiger partial charge is 0.310 e. The van der Waals surface area contributed by atoms with Gasteiger partial charge in [-0.15, -0.1) is 0 Å². The zero-order chi connectivity index (χ0) is 22.1. The summed E-state index contributed by atoms with van der Waals surface area (Å²) in [5.74, 6) is 1.32. The highest BCUT2D eigenvalue weighted by Crippen LogP contribution is 2.28. The summed E-state index contributed by atoms with van der Waals surface area (Å²) in [5, 5.41) is 12.5. The van der Waals surface area contributed by atoms with Crippen molar-refractivity contribution in [3.05, 3.63) is 40.6 Å². The van der Waals surface area contributed by atoms with Gasteiger partial charge in [-0.2, -0.15) is 4.98 Å². The number of nitrogens with zero attached hydrogens (tertiary/aromatic N) is 2. The van der Waals surface area contributed by atoms with Crippen molar-refractivity contribution in [3.63, 3.8) is 0 Å². The topological polar surface area (TPSA) is 120 Å². The molecular weight excluding hydrogens is 384 g/mol. The molecule has 0 radical (unpaired) electrons. The van der Waals surface area contributed by atoms with Gasteiger partial charge in [0.15, 0.2) is 0 Å². The van der Waals surface area contributed by atoms with E-state index in [1.807, 2.05) is 32.0 Å². The number of carbonyl (C=O) groups is 1. The van der Waals surface area contributed by atoms with Crippen molar-refractivity contribution < 1.29 is 19.4 Å². The van der Waals surface area contributed by atoms with Crippen LogP contribution in [0.5, 0.6) is 5.75 Å². The minimum absolute atomic E-state index is 0.124. The fourth-order valence-electron chi connectivity index (χ4n) is 3.27. The minimum atomic E-state index is -0.265. The normalized spacial score (nSPS) is 11.8. The zero-order valence-corrected chi connectivity index (χ0v) is 18.2. The molecule has 0 saturated carbocycles. The molecule has 0 spiro atoms. The summed E-state index contributed by atoms with van der Waals surface area (Å²) in [6.07, 6.45) is 2.26. The van der Waals surface area contributed by atoms with E-state index in [-0.39, 0.29) is 31.0 Å². The summed E-state index contributed by atoms with van der Waals surface area (Å²) >= 11 is 0. The number of benzene rings is 1. The Morgan fingerprint density at radius 1 is 1.33 bits per heavy atom. The summed E-state index contributed by atoms with van der Waals surface area (Å²) in [4.78, 5) is 20.5. The molecule has 0 saturated heterocycles. The van der Waals surface area contributed by atoms with Crippen LogP contribution in [0.2, 0.25) is 0 Å². The molecule has 2 rings (SSSR count). The summed E-state index contributed by atoms with van der Waals surface area (Å²) in [6.45, 7) is 6.24. The number of nitrogens with one attached hydrogen (secondary N) is 1. The fraction of sp³-hybridized carbons (Fsp3) is 0.500. The predicted octanol–water partition coefficient (Wildman–Crippen LogP) is 2.65. The van der Waals surface area contributed by atoms with Crippen molar-refractivity contribution in [2.75, 3.05) is 31.4 Å². The van der Waals surface area contributed by atoms with Gasteiger partial charge in [-0.1, -0.05) is 12.1 Å². The number of aliphatic hydroxyl groups is 1. The van der Waals surface area contributed by atoms with E-state index >= 15 is 0 Å². The largest absolute Gasteiger partial charge is 0.496 e. The van der Waals surface area contributed by atoms with Crippen LogP contribution in [0.15, 0.2) is 18.2 Å². The minimum Gasteiger partial charge on any atom is -0.496 e. The molecule has 1 heterocycles. The third-order valence-electron chi connectivity index (χ3n) is 4.78. The van der Waals surface area contributed by atoms with Crippen LogP contribution in [-0.4, -0.2) is 47.4 Å². The van der Waals surface area contributed by atoms with Gasteiger partial charge in [-0.3, -0.25) is 4.79 Å². The number of anilines is 2. The Morgan fingerprint density at radius 3 is 2.77 bits per heavy atom. The van der Waals surface area contributed by atoms with E-state index in [1.54, 1.807) is 14.0 Å². The molecule has 0 aliphatic heterocycles. The van der Waals surface area contributed by atoms with Crippen molar-refractivity contribution in [2.45, 2.75) is 52.5 Å². The SMILES string of the molecule is CCOC(=O)Cc1ccc(Cc2c(C)nc(N)nc2NC(C)CCCO)c(OC)c1. The van der Waals surface area contributed by atoms with Crippen molar-refractivity contribution in [3.8, 4) is 5.75 Å². The van der Waals surface area contributed by atoms with Crippen LogP contribution in [0.25, 0.3) is 0 Å². The number of nitrogens with two attached hydrogens (primary N) is 1. The van der Waals surface area contributed by atoms with Gasteiger partial charge in [-0.05, 0) is 50.8 Å². The van der Waals surface area contributed by atoms with Gasteiger partial charge in [0.25, 0.3) is 0 Å². The van der Waals surface area contributed by atoms with Crippen LogP contribution in [0.1, 0.15) is 49.1 Å². The molecular formula is C22H32N4O4. The van der Waals surface area contributed by atoms with Crippen LogP contribution in [0.4, 0.5) is 11.8 Å². The number of methoxy groups -OCH3 is 1. The Hall–Kier alpha value is -2.87. The van der Waals surface area contributed by atoms with E-state index in [0.29, 0.717) is 31.0 Å². The second kappa shape index (κ2) is 11.3. The number of nitrogen functional groups attached to an aromatic ring is 1. The molecule has 1 unspecified atom stereocenters. The molecule has 8 nitrogen and oxygen atoms in total. The quantitative estimate of drug-likeness (QED) is 0.478. The number of aliphatic hydroxyl groups excluding tert-OH is 1. The number of hydrogen-bond acceptors (Lipinski definition) is 8. The first-order valence-electron chi connectivity index (χ1n) is 10.2. The van der Waals surface area contributed by atoms with Gasteiger partial charge in [0.2, 0.25) is 5.95 Å². The van der Waals surface area contributed by atoms with Crippen molar-refractivity contribution in [1.82, 2.24) is 9.97 Å². The number of ether oxygens (including phenoxy) is 2. The highest BCUT2D eigenvalue weighted by molar-refractivity contribution is 5.72. The Labute approximate surface area is 177 Å². The van der Waals surface area contributed by atoms with Crippen LogP contribution >= 0.6 is 0 Å². The number of rotatable bonds is 11. The maximum absolute atomic E-state index is 11.8. The van der Waals surface area contributed by atoms with E-state index in [0.717, 1.165) is 28.8 Å². The Kier molecular flexibility index (Phi) is 8.86. The number of aryl methyl sites for hydroxylation is 1. The van der Waals surface area contributed by atoms with Gasteiger partial charge in [-0.25, -0.2) is 4.98 Å². The molecule has 4 N–H and O–H groups in total. The molecule has 0 aliphatic carbocycles. The molecule has 0 fully saturated rings. The lowest BCUT2D eigenvalue weighted by Gasteiger charge is -2.19. The van der Waals surface area contributed by atoms with E-state index in [1.165, 1.54) is 0 Å². The maximum atomic E-state index is 11.8. The van der Waals surface area contributed by atoms with Gasteiger partial charge in [0.1, 0.15) is 11.6 Å². The third-order valence-corrected chi connectivity index (χ3v) is 4.78. The molecule has 2 aromatic rings. The second-order valence-electron chi connectivity index (χ2n) is 7.21. The molecule has 1 aromatic carbocycles. The lowest BCUT2D eigenvalue weighted by atomic mass is 10.00. The highest BCUT2D eigenvalue weighted by Gasteiger charge is 2.16. The van der Waals surface area contributed by atoms with Gasteiger partial charge in [0.05, 0.1) is 20.1 Å². The monoisotopic (exact) mass is 416 g/mol. The van der Waals surface area contributed by atoms with Crippen LogP contribution < -0.4 is 15.8 Å². The molecule has 1 atom stereocenters. The zero-order valence-electron chi connectivity index (χ0n) is 18.2. The molecule has 0 bridgehead atoms. The Balaban J connectivity index is 2.29. The predicted molar refractivity (Wildman–Crippen MR) is 117 cm³/mol. The molecule has 0 aliphatic rings. The van der Waals surface area contributed by atoms with Crippen molar-refractivity contribution >= 4 is 17.7 Å². The fourth-order valence-corrected chi connectivity index (χ4v) is 3.27. The summed E-state index contributed by atoms with van der Waals surface area (Å²) < 4.78 is 10.6. The number of hydrogen-bond donors (Lipinski definition) is 3. The van der Waals surface area contributed by atoms with Gasteiger partial charge >= 0.3 is 5.97 Å². The number of carbonyl (C=O) groups excluding carboxylic acids is 1. The maximum Gasteiger partial charge on any atom is 0.310 e. The molecule has 8 heteroatoms. The third kappa shape index (κ3) is 6.59. The first-order chi connectivity index (χ1) is 14.4. The van der Waals surface area contributed by atoms with E-state index in [4.69, 9.17) is 20.3 Å². The van der Waals surface area contributed by atoms with Crippen molar-refractivity contribution in [2.24, 2.45) is 0 Å². The molecule has 30 heavy (non-hydrogen) atoms. The summed E-state index contributed by atoms with van der Waals surface area (Å²) in [6, 6.07) is 5.83. The first-order valence-corrected chi connectivity index (χ1v) is 10.2. The summed E-state index contributed by atoms with van der Waals surface area (Å²) in [5.41, 5.74) is 9.37. The Bertz CT molecular complexity index is 857. The lowest BCUT2D eigenvalue weighted by Crippen LogP contribution is -2.19. The number of esters is 1. The molecule has 1 aromatic heterocycles.